The Morgan fingerprint density at radius 1 is 1.06 bits per heavy atom. The van der Waals surface area contributed by atoms with Gasteiger partial charge < -0.3 is 4.74 Å². The lowest BCUT2D eigenvalue weighted by atomic mass is 10.0. The van der Waals surface area contributed by atoms with Gasteiger partial charge in [-0.2, -0.15) is 0 Å². The predicted octanol–water partition coefficient (Wildman–Crippen LogP) is 2.23. The molecule has 0 bridgehead atoms. The van der Waals surface area contributed by atoms with Crippen molar-refractivity contribution in [2.75, 3.05) is 6.61 Å². The van der Waals surface area contributed by atoms with Gasteiger partial charge >= 0.3 is 0 Å². The Morgan fingerprint density at radius 3 is 2.62 bits per heavy atom. The number of rotatable bonds is 4. The SMILES string of the molecule is O=CCOc1ccc2ccccc2c1C=O. The molecule has 0 amide bonds. The zero-order chi connectivity index (χ0) is 11.4. The number of aldehydes is 2. The summed E-state index contributed by atoms with van der Waals surface area (Å²) in [5, 5.41) is 1.81. The largest absolute Gasteiger partial charge is 0.485 e. The molecule has 0 fully saturated rings. The molecule has 0 aliphatic carbocycles. The second-order valence-corrected chi connectivity index (χ2v) is 3.29. The highest BCUT2D eigenvalue weighted by Gasteiger charge is 2.07. The first-order chi connectivity index (χ1) is 7.86. The molecule has 80 valence electrons. The van der Waals surface area contributed by atoms with Gasteiger partial charge in [0.15, 0.2) is 12.6 Å². The smallest absolute Gasteiger partial charge is 0.157 e. The van der Waals surface area contributed by atoms with Crippen molar-refractivity contribution in [3.05, 3.63) is 42.0 Å². The van der Waals surface area contributed by atoms with Crippen LogP contribution in [0.5, 0.6) is 5.75 Å². The van der Waals surface area contributed by atoms with Gasteiger partial charge in [0.1, 0.15) is 12.4 Å². The van der Waals surface area contributed by atoms with Gasteiger partial charge in [-0.3, -0.25) is 9.59 Å². The van der Waals surface area contributed by atoms with E-state index >= 15 is 0 Å². The van der Waals surface area contributed by atoms with E-state index in [2.05, 4.69) is 0 Å². The Balaban J connectivity index is 2.58. The number of hydrogen-bond acceptors (Lipinski definition) is 3. The third kappa shape index (κ3) is 1.80. The van der Waals surface area contributed by atoms with Gasteiger partial charge in [0.2, 0.25) is 0 Å². The summed E-state index contributed by atoms with van der Waals surface area (Å²) in [6, 6.07) is 11.1. The fraction of sp³-hybridized carbons (Fsp3) is 0.0769. The van der Waals surface area contributed by atoms with Crippen LogP contribution in [0.25, 0.3) is 10.8 Å². The minimum Gasteiger partial charge on any atom is -0.485 e. The summed E-state index contributed by atoms with van der Waals surface area (Å²) in [5.74, 6) is 0.445. The maximum atomic E-state index is 11.0. The van der Waals surface area contributed by atoms with Gasteiger partial charge in [-0.05, 0) is 16.8 Å². The van der Waals surface area contributed by atoms with Crippen molar-refractivity contribution in [2.45, 2.75) is 0 Å². The molecule has 2 aromatic rings. The Kier molecular flexibility index (Phi) is 2.96. The number of hydrogen-bond donors (Lipinski definition) is 0. The lowest BCUT2D eigenvalue weighted by Crippen LogP contribution is -2.00. The van der Waals surface area contributed by atoms with Crippen LogP contribution in [-0.2, 0) is 4.79 Å². The van der Waals surface area contributed by atoms with Crippen molar-refractivity contribution in [1.82, 2.24) is 0 Å². The predicted molar refractivity (Wildman–Crippen MR) is 60.9 cm³/mol. The Hall–Kier alpha value is -2.16. The molecule has 3 nitrogen and oxygen atoms in total. The average Bonchev–Trinajstić information content (AvgIpc) is 2.35. The van der Waals surface area contributed by atoms with E-state index in [9.17, 15) is 9.59 Å². The number of benzene rings is 2. The number of ether oxygens (including phenoxy) is 1. The molecule has 16 heavy (non-hydrogen) atoms. The van der Waals surface area contributed by atoms with Crippen LogP contribution < -0.4 is 4.74 Å². The topological polar surface area (TPSA) is 43.4 Å². The minimum atomic E-state index is -0.0425. The molecule has 0 radical (unpaired) electrons. The first kappa shape index (κ1) is 10.4. The molecule has 0 saturated carbocycles. The summed E-state index contributed by atoms with van der Waals surface area (Å²) in [4.78, 5) is 21.3. The zero-order valence-corrected chi connectivity index (χ0v) is 8.55. The number of fused-ring (bicyclic) bond motifs is 1. The van der Waals surface area contributed by atoms with Crippen LogP contribution in [-0.4, -0.2) is 19.2 Å². The van der Waals surface area contributed by atoms with Crippen LogP contribution >= 0.6 is 0 Å². The highest BCUT2D eigenvalue weighted by atomic mass is 16.5. The monoisotopic (exact) mass is 214 g/mol. The molecule has 0 spiro atoms. The van der Waals surface area contributed by atoms with Crippen LogP contribution in [0, 0.1) is 0 Å². The lowest BCUT2D eigenvalue weighted by Gasteiger charge is -2.08. The molecule has 0 aliphatic heterocycles. The molecule has 3 heteroatoms. The van der Waals surface area contributed by atoms with Crippen molar-refractivity contribution in [3.8, 4) is 5.75 Å². The van der Waals surface area contributed by atoms with Gasteiger partial charge in [-0.25, -0.2) is 0 Å². The number of carbonyl (C=O) groups excluding carboxylic acids is 2. The van der Waals surface area contributed by atoms with Gasteiger partial charge in [0.25, 0.3) is 0 Å². The van der Waals surface area contributed by atoms with Crippen LogP contribution in [0.4, 0.5) is 0 Å². The fourth-order valence-electron chi connectivity index (χ4n) is 1.65. The van der Waals surface area contributed by atoms with Crippen molar-refractivity contribution in [3.63, 3.8) is 0 Å². The molecule has 0 N–H and O–H groups in total. The summed E-state index contributed by atoms with van der Waals surface area (Å²) in [6.07, 6.45) is 1.41. The Labute approximate surface area is 92.6 Å². The molecule has 0 atom stereocenters. The molecule has 2 rings (SSSR count). The standard InChI is InChI=1S/C13H10O3/c14-7-8-16-13-6-5-10-3-1-2-4-11(10)12(13)9-15/h1-7,9H,8H2. The maximum Gasteiger partial charge on any atom is 0.157 e. The number of carbonyl (C=O) groups is 2. The van der Waals surface area contributed by atoms with E-state index in [0.29, 0.717) is 17.6 Å². The summed E-state index contributed by atoms with van der Waals surface area (Å²) < 4.78 is 5.19. The van der Waals surface area contributed by atoms with Gasteiger partial charge in [-0.15, -0.1) is 0 Å². The Bertz CT molecular complexity index is 532. The third-order valence-electron chi connectivity index (χ3n) is 2.36. The van der Waals surface area contributed by atoms with E-state index in [1.54, 1.807) is 6.07 Å². The van der Waals surface area contributed by atoms with Crippen molar-refractivity contribution in [1.29, 1.82) is 0 Å². The average molecular weight is 214 g/mol. The molecular formula is C13H10O3. The molecule has 2 aromatic carbocycles. The molecular weight excluding hydrogens is 204 g/mol. The summed E-state index contributed by atoms with van der Waals surface area (Å²) in [6.45, 7) is -0.0425. The highest BCUT2D eigenvalue weighted by Crippen LogP contribution is 2.26. The second kappa shape index (κ2) is 4.57. The van der Waals surface area contributed by atoms with E-state index in [4.69, 9.17) is 4.74 Å². The first-order valence-corrected chi connectivity index (χ1v) is 4.90. The third-order valence-corrected chi connectivity index (χ3v) is 2.36. The zero-order valence-electron chi connectivity index (χ0n) is 8.55. The van der Waals surface area contributed by atoms with Crippen molar-refractivity contribution < 1.29 is 14.3 Å². The van der Waals surface area contributed by atoms with Gasteiger partial charge in [0, 0.05) is 0 Å². The Morgan fingerprint density at radius 2 is 1.88 bits per heavy atom. The second-order valence-electron chi connectivity index (χ2n) is 3.29. The van der Waals surface area contributed by atoms with E-state index in [0.717, 1.165) is 17.1 Å². The summed E-state index contributed by atoms with van der Waals surface area (Å²) >= 11 is 0. The van der Waals surface area contributed by atoms with Crippen LogP contribution in [0.1, 0.15) is 10.4 Å². The highest BCUT2D eigenvalue weighted by molar-refractivity contribution is 6.00. The van der Waals surface area contributed by atoms with Crippen LogP contribution in [0.2, 0.25) is 0 Å². The van der Waals surface area contributed by atoms with E-state index in [1.165, 1.54) is 0 Å². The van der Waals surface area contributed by atoms with Gasteiger partial charge in [-0.1, -0.05) is 30.3 Å². The molecule has 0 saturated heterocycles. The summed E-state index contributed by atoms with van der Waals surface area (Å²) in [7, 11) is 0. The fourth-order valence-corrected chi connectivity index (χ4v) is 1.65. The normalized spacial score (nSPS) is 10.0. The van der Waals surface area contributed by atoms with E-state index in [1.807, 2.05) is 30.3 Å². The van der Waals surface area contributed by atoms with Crippen LogP contribution in [0.15, 0.2) is 36.4 Å². The van der Waals surface area contributed by atoms with Crippen molar-refractivity contribution in [2.24, 2.45) is 0 Å². The lowest BCUT2D eigenvalue weighted by molar-refractivity contribution is -0.109. The van der Waals surface area contributed by atoms with Crippen molar-refractivity contribution >= 4 is 23.3 Å². The molecule has 0 heterocycles. The molecule has 0 aliphatic rings. The maximum absolute atomic E-state index is 11.0. The van der Waals surface area contributed by atoms with Crippen LogP contribution in [0.3, 0.4) is 0 Å². The minimum absolute atomic E-state index is 0.0425. The quantitative estimate of drug-likeness (QED) is 0.733. The van der Waals surface area contributed by atoms with E-state index in [-0.39, 0.29) is 6.61 Å². The molecule has 0 unspecified atom stereocenters. The van der Waals surface area contributed by atoms with Gasteiger partial charge in [0.05, 0.1) is 5.56 Å². The molecule has 0 aromatic heterocycles. The first-order valence-electron chi connectivity index (χ1n) is 4.90. The summed E-state index contributed by atoms with van der Waals surface area (Å²) in [5.41, 5.74) is 0.486. The van der Waals surface area contributed by atoms with E-state index < -0.39 is 0 Å².